The van der Waals surface area contributed by atoms with Crippen molar-refractivity contribution in [2.45, 2.75) is 51.7 Å². The summed E-state index contributed by atoms with van der Waals surface area (Å²) in [6.07, 6.45) is 2.48. The Hall–Kier alpha value is -2.92. The Kier molecular flexibility index (Phi) is 5.71. The van der Waals surface area contributed by atoms with Crippen LogP contribution < -0.4 is 9.64 Å². The minimum atomic E-state index is -0.677. The first-order valence-electron chi connectivity index (χ1n) is 10.8. The normalized spacial score (nSPS) is 18.9. The summed E-state index contributed by atoms with van der Waals surface area (Å²) >= 11 is 0. The van der Waals surface area contributed by atoms with Crippen molar-refractivity contribution < 1.29 is 9.84 Å². The summed E-state index contributed by atoms with van der Waals surface area (Å²) in [6.45, 7) is 10.1. The zero-order chi connectivity index (χ0) is 22.1. The zero-order valence-corrected chi connectivity index (χ0v) is 18.8. The van der Waals surface area contributed by atoms with Gasteiger partial charge >= 0.3 is 0 Å². The van der Waals surface area contributed by atoms with Crippen LogP contribution in [0, 0.1) is 6.92 Å². The second-order valence-corrected chi connectivity index (χ2v) is 9.32. The summed E-state index contributed by atoms with van der Waals surface area (Å²) < 4.78 is 5.98. The number of hydrogen-bond acceptors (Lipinski definition) is 5. The van der Waals surface area contributed by atoms with E-state index in [1.807, 2.05) is 30.0 Å². The molecule has 1 aromatic heterocycles. The van der Waals surface area contributed by atoms with E-state index < -0.39 is 5.60 Å². The molecule has 0 unspecified atom stereocenters. The molecule has 5 nitrogen and oxygen atoms in total. The first-order chi connectivity index (χ1) is 14.7. The van der Waals surface area contributed by atoms with Gasteiger partial charge in [-0.05, 0) is 49.6 Å². The summed E-state index contributed by atoms with van der Waals surface area (Å²) in [5.41, 5.74) is 3.87. The van der Waals surface area contributed by atoms with Gasteiger partial charge in [0, 0.05) is 24.7 Å². The Morgan fingerprint density at radius 3 is 2.29 bits per heavy atom. The minimum Gasteiger partial charge on any atom is -0.487 e. The first kappa shape index (κ1) is 21.3. The van der Waals surface area contributed by atoms with E-state index in [2.05, 4.69) is 67.1 Å². The van der Waals surface area contributed by atoms with E-state index in [1.54, 1.807) is 6.20 Å². The molecule has 0 bridgehead atoms. The van der Waals surface area contributed by atoms with E-state index in [4.69, 9.17) is 4.74 Å². The number of anilines is 1. The number of β-amino-alcohol motifs (C(OH)–C–C–N with tert-alkyl or cyclic N) is 1. The Balaban J connectivity index is 1.41. The molecular formula is C26H31N3O2. The molecule has 2 aromatic carbocycles. The van der Waals surface area contributed by atoms with Gasteiger partial charge in [0.2, 0.25) is 5.95 Å². The molecule has 0 aliphatic carbocycles. The lowest BCUT2D eigenvalue weighted by atomic mass is 9.78. The first-order valence-corrected chi connectivity index (χ1v) is 10.8. The van der Waals surface area contributed by atoms with Gasteiger partial charge in [-0.2, -0.15) is 0 Å². The Morgan fingerprint density at radius 2 is 1.68 bits per heavy atom. The van der Waals surface area contributed by atoms with Gasteiger partial charge in [0.05, 0.1) is 11.3 Å². The summed E-state index contributed by atoms with van der Waals surface area (Å²) in [7, 11) is 0. The number of aliphatic hydroxyl groups is 1. The third-order valence-electron chi connectivity index (χ3n) is 6.17. The third kappa shape index (κ3) is 4.88. The van der Waals surface area contributed by atoms with Crippen LogP contribution in [0.25, 0.3) is 0 Å². The van der Waals surface area contributed by atoms with Gasteiger partial charge in [0.15, 0.2) is 0 Å². The minimum absolute atomic E-state index is 0.0787. The van der Waals surface area contributed by atoms with Gasteiger partial charge in [-0.25, -0.2) is 9.97 Å². The monoisotopic (exact) mass is 417 g/mol. The van der Waals surface area contributed by atoms with Crippen LogP contribution in [-0.2, 0) is 12.0 Å². The molecule has 5 heteroatoms. The molecule has 31 heavy (non-hydrogen) atoms. The lowest BCUT2D eigenvalue weighted by Gasteiger charge is -2.26. The Bertz CT molecular complexity index is 1030. The zero-order valence-electron chi connectivity index (χ0n) is 18.8. The van der Waals surface area contributed by atoms with Crippen molar-refractivity contribution in [1.29, 1.82) is 0 Å². The average molecular weight is 418 g/mol. The fraction of sp³-hybridized carbons (Fsp3) is 0.385. The Morgan fingerprint density at radius 1 is 1.03 bits per heavy atom. The van der Waals surface area contributed by atoms with Crippen molar-refractivity contribution in [3.63, 3.8) is 0 Å². The molecule has 4 rings (SSSR count). The molecule has 3 aromatic rings. The predicted molar refractivity (Wildman–Crippen MR) is 124 cm³/mol. The van der Waals surface area contributed by atoms with E-state index in [-0.39, 0.29) is 5.41 Å². The molecule has 1 atom stereocenters. The van der Waals surface area contributed by atoms with Crippen molar-refractivity contribution >= 4 is 5.95 Å². The molecule has 1 saturated heterocycles. The van der Waals surface area contributed by atoms with Gasteiger partial charge in [-0.1, -0.05) is 55.8 Å². The maximum Gasteiger partial charge on any atom is 0.225 e. The van der Waals surface area contributed by atoms with Crippen LogP contribution in [0.1, 0.15) is 49.6 Å². The highest BCUT2D eigenvalue weighted by Gasteiger charge is 2.32. The highest BCUT2D eigenvalue weighted by atomic mass is 16.5. The van der Waals surface area contributed by atoms with Crippen LogP contribution >= 0.6 is 0 Å². The van der Waals surface area contributed by atoms with Crippen LogP contribution in [-0.4, -0.2) is 33.8 Å². The second-order valence-electron chi connectivity index (χ2n) is 9.32. The highest BCUT2D eigenvalue weighted by molar-refractivity contribution is 5.41. The van der Waals surface area contributed by atoms with E-state index in [9.17, 15) is 5.11 Å². The summed E-state index contributed by atoms with van der Waals surface area (Å²) in [5.74, 6) is 1.46. The van der Waals surface area contributed by atoms with Crippen LogP contribution in [0.4, 0.5) is 5.95 Å². The SMILES string of the molecule is Cc1ccc(C(C)(C)c2ccc(OCc3ccnc(N4CC[C@@](C)(O)C4)n3)cc2)cc1. The number of benzene rings is 2. The molecule has 0 amide bonds. The molecule has 1 aliphatic heterocycles. The van der Waals surface area contributed by atoms with E-state index in [0.29, 0.717) is 19.1 Å². The lowest BCUT2D eigenvalue weighted by molar-refractivity contribution is 0.0838. The quantitative estimate of drug-likeness (QED) is 0.633. The summed E-state index contributed by atoms with van der Waals surface area (Å²) in [4.78, 5) is 11.0. The number of ether oxygens (including phenoxy) is 1. The van der Waals surface area contributed by atoms with E-state index in [1.165, 1.54) is 16.7 Å². The van der Waals surface area contributed by atoms with Gasteiger partial charge < -0.3 is 14.7 Å². The predicted octanol–water partition coefficient (Wildman–Crippen LogP) is 4.65. The Labute approximate surface area is 184 Å². The number of rotatable bonds is 6. The van der Waals surface area contributed by atoms with Crippen LogP contribution in [0.2, 0.25) is 0 Å². The lowest BCUT2D eigenvalue weighted by Crippen LogP contribution is -2.30. The molecule has 0 radical (unpaired) electrons. The molecular weight excluding hydrogens is 386 g/mol. The summed E-state index contributed by atoms with van der Waals surface area (Å²) in [6, 6.07) is 18.9. The number of aromatic nitrogens is 2. The van der Waals surface area contributed by atoms with Gasteiger partial charge in [-0.3, -0.25) is 0 Å². The standard InChI is InChI=1S/C26H31N3O2/c1-19-5-7-20(8-6-19)25(2,3)21-9-11-23(12-10-21)31-17-22-13-15-27-24(28-22)29-16-14-26(4,30)18-29/h5-13,15,30H,14,16-18H2,1-4H3/t26-/m1/s1. The van der Waals surface area contributed by atoms with Crippen molar-refractivity contribution in [2.75, 3.05) is 18.0 Å². The van der Waals surface area contributed by atoms with Gasteiger partial charge in [0.25, 0.3) is 0 Å². The summed E-state index contributed by atoms with van der Waals surface area (Å²) in [5, 5.41) is 10.2. The van der Waals surface area contributed by atoms with Crippen molar-refractivity contribution in [3.05, 3.63) is 83.2 Å². The highest BCUT2D eigenvalue weighted by Crippen LogP contribution is 2.32. The van der Waals surface area contributed by atoms with Crippen molar-refractivity contribution in [1.82, 2.24) is 9.97 Å². The molecule has 2 heterocycles. The van der Waals surface area contributed by atoms with Crippen LogP contribution in [0.15, 0.2) is 60.8 Å². The maximum absolute atomic E-state index is 10.2. The smallest absolute Gasteiger partial charge is 0.225 e. The van der Waals surface area contributed by atoms with Crippen molar-refractivity contribution in [2.24, 2.45) is 0 Å². The topological polar surface area (TPSA) is 58.5 Å². The fourth-order valence-corrected chi connectivity index (χ4v) is 4.00. The third-order valence-corrected chi connectivity index (χ3v) is 6.17. The van der Waals surface area contributed by atoms with E-state index in [0.717, 1.165) is 24.4 Å². The largest absolute Gasteiger partial charge is 0.487 e. The van der Waals surface area contributed by atoms with Crippen molar-refractivity contribution in [3.8, 4) is 5.75 Å². The molecule has 1 N–H and O–H groups in total. The molecule has 0 saturated carbocycles. The second kappa shape index (κ2) is 8.31. The average Bonchev–Trinajstić information content (AvgIpc) is 3.13. The maximum atomic E-state index is 10.2. The fourth-order valence-electron chi connectivity index (χ4n) is 4.00. The number of aryl methyl sites for hydroxylation is 1. The van der Waals surface area contributed by atoms with Crippen LogP contribution in [0.3, 0.4) is 0 Å². The molecule has 0 spiro atoms. The number of nitrogens with zero attached hydrogens (tertiary/aromatic N) is 3. The van der Waals surface area contributed by atoms with Gasteiger partial charge in [0.1, 0.15) is 12.4 Å². The van der Waals surface area contributed by atoms with E-state index >= 15 is 0 Å². The number of hydrogen-bond donors (Lipinski definition) is 1. The van der Waals surface area contributed by atoms with Crippen LogP contribution in [0.5, 0.6) is 5.75 Å². The van der Waals surface area contributed by atoms with Gasteiger partial charge in [-0.15, -0.1) is 0 Å². The molecule has 1 aliphatic rings. The molecule has 162 valence electrons. The molecule has 1 fully saturated rings.